The highest BCUT2D eigenvalue weighted by Crippen LogP contribution is 2.27. The van der Waals surface area contributed by atoms with Crippen molar-refractivity contribution < 1.29 is 0 Å². The minimum absolute atomic E-state index is 0.650. The molecule has 0 aliphatic carbocycles. The Bertz CT molecular complexity index is 820. The van der Waals surface area contributed by atoms with E-state index in [0.717, 1.165) is 36.0 Å². The second kappa shape index (κ2) is 6.57. The number of aryl methyl sites for hydroxylation is 1. The minimum atomic E-state index is 0.650. The van der Waals surface area contributed by atoms with Crippen LogP contribution in [0, 0.1) is 0 Å². The van der Waals surface area contributed by atoms with Crippen LogP contribution in [0.5, 0.6) is 0 Å². The molecule has 0 atom stereocenters. The summed E-state index contributed by atoms with van der Waals surface area (Å²) in [4.78, 5) is 15.8. The molecule has 4 rings (SSSR count). The molecule has 24 heavy (non-hydrogen) atoms. The molecule has 122 valence electrons. The van der Waals surface area contributed by atoms with Gasteiger partial charge in [0.25, 0.3) is 0 Å². The van der Waals surface area contributed by atoms with Gasteiger partial charge < -0.3 is 10.2 Å². The summed E-state index contributed by atoms with van der Waals surface area (Å²) in [6.45, 7) is 4.58. The fraction of sp³-hybridized carbons (Fsp3) is 0.278. The quantitative estimate of drug-likeness (QED) is 0.770. The van der Waals surface area contributed by atoms with Crippen molar-refractivity contribution in [2.45, 2.75) is 33.0 Å². The third kappa shape index (κ3) is 3.10. The van der Waals surface area contributed by atoms with E-state index >= 15 is 0 Å². The topological polar surface area (TPSA) is 53.9 Å². The van der Waals surface area contributed by atoms with E-state index in [4.69, 9.17) is 0 Å². The maximum absolute atomic E-state index is 4.66. The Hall–Kier alpha value is -2.47. The predicted octanol–water partition coefficient (Wildman–Crippen LogP) is 3.63. The number of aromatic nitrogens is 3. The summed E-state index contributed by atoms with van der Waals surface area (Å²) in [5.41, 5.74) is 3.89. The Morgan fingerprint density at radius 1 is 1.12 bits per heavy atom. The Labute approximate surface area is 145 Å². The monoisotopic (exact) mass is 337 g/mol. The number of hydrogen-bond donors (Lipinski definition) is 1. The standard InChI is InChI=1S/C18H19N5S/c1-2-15-12-24-17(21-15)9-20-18-19-8-7-16(22-18)23-10-13-5-3-4-6-14(13)11-23/h3-8,12H,2,9-11H2,1H3,(H,19,20,22). The van der Waals surface area contributed by atoms with Gasteiger partial charge in [0.2, 0.25) is 5.95 Å². The van der Waals surface area contributed by atoms with Crippen LogP contribution in [-0.4, -0.2) is 15.0 Å². The van der Waals surface area contributed by atoms with Crippen molar-refractivity contribution in [1.29, 1.82) is 0 Å². The number of nitrogens with one attached hydrogen (secondary N) is 1. The Kier molecular flexibility index (Phi) is 4.13. The Morgan fingerprint density at radius 3 is 2.62 bits per heavy atom. The van der Waals surface area contributed by atoms with E-state index in [0.29, 0.717) is 12.5 Å². The Morgan fingerprint density at radius 2 is 1.92 bits per heavy atom. The second-order valence-corrected chi connectivity index (χ2v) is 6.75. The molecule has 6 heteroatoms. The van der Waals surface area contributed by atoms with Gasteiger partial charge in [-0.15, -0.1) is 11.3 Å². The van der Waals surface area contributed by atoms with Crippen LogP contribution in [0.4, 0.5) is 11.8 Å². The summed E-state index contributed by atoms with van der Waals surface area (Å²) in [7, 11) is 0. The molecule has 1 aliphatic heterocycles. The molecule has 2 aromatic heterocycles. The zero-order valence-corrected chi connectivity index (χ0v) is 14.4. The van der Waals surface area contributed by atoms with Crippen molar-refractivity contribution >= 4 is 23.1 Å². The van der Waals surface area contributed by atoms with Crippen LogP contribution in [-0.2, 0) is 26.1 Å². The van der Waals surface area contributed by atoms with Crippen molar-refractivity contribution in [2.75, 3.05) is 10.2 Å². The number of rotatable bonds is 5. The molecule has 1 aromatic carbocycles. The molecule has 0 saturated heterocycles. The van der Waals surface area contributed by atoms with Crippen molar-refractivity contribution in [3.63, 3.8) is 0 Å². The van der Waals surface area contributed by atoms with Gasteiger partial charge in [-0.05, 0) is 23.6 Å². The largest absolute Gasteiger partial charge is 0.348 e. The van der Waals surface area contributed by atoms with Gasteiger partial charge in [-0.25, -0.2) is 9.97 Å². The summed E-state index contributed by atoms with van der Waals surface area (Å²) in [5, 5.41) is 6.45. The first-order valence-corrected chi connectivity index (χ1v) is 9.01. The maximum atomic E-state index is 4.66. The summed E-state index contributed by atoms with van der Waals surface area (Å²) >= 11 is 1.67. The summed E-state index contributed by atoms with van der Waals surface area (Å²) in [6.07, 6.45) is 2.78. The van der Waals surface area contributed by atoms with Crippen LogP contribution < -0.4 is 10.2 Å². The van der Waals surface area contributed by atoms with Gasteiger partial charge >= 0.3 is 0 Å². The number of nitrogens with zero attached hydrogens (tertiary/aromatic N) is 4. The molecule has 0 amide bonds. The van der Waals surface area contributed by atoms with E-state index in [9.17, 15) is 0 Å². The number of thiazole rings is 1. The van der Waals surface area contributed by atoms with Crippen molar-refractivity contribution in [2.24, 2.45) is 0 Å². The van der Waals surface area contributed by atoms with Gasteiger partial charge in [0.15, 0.2) is 0 Å². The van der Waals surface area contributed by atoms with Gasteiger partial charge in [-0.1, -0.05) is 31.2 Å². The Balaban J connectivity index is 1.44. The zero-order valence-electron chi connectivity index (χ0n) is 13.6. The lowest BCUT2D eigenvalue weighted by Crippen LogP contribution is -2.17. The van der Waals surface area contributed by atoms with Crippen LogP contribution >= 0.6 is 11.3 Å². The fourth-order valence-electron chi connectivity index (χ4n) is 2.85. The summed E-state index contributed by atoms with van der Waals surface area (Å²) in [5.74, 6) is 1.61. The molecule has 1 aliphatic rings. The van der Waals surface area contributed by atoms with Crippen LogP contribution in [0.1, 0.15) is 28.8 Å². The first-order chi connectivity index (χ1) is 11.8. The number of benzene rings is 1. The van der Waals surface area contributed by atoms with Crippen molar-refractivity contribution in [1.82, 2.24) is 15.0 Å². The fourth-order valence-corrected chi connectivity index (χ4v) is 3.67. The average molecular weight is 337 g/mol. The van der Waals surface area contributed by atoms with E-state index in [-0.39, 0.29) is 0 Å². The van der Waals surface area contributed by atoms with Crippen LogP contribution in [0.3, 0.4) is 0 Å². The molecular weight excluding hydrogens is 318 g/mol. The molecular formula is C18H19N5S. The molecule has 1 N–H and O–H groups in total. The first-order valence-electron chi connectivity index (χ1n) is 8.14. The van der Waals surface area contributed by atoms with Crippen molar-refractivity contribution in [3.05, 3.63) is 63.7 Å². The van der Waals surface area contributed by atoms with E-state index in [2.05, 4.69) is 61.7 Å². The molecule has 0 spiro atoms. The lowest BCUT2D eigenvalue weighted by Gasteiger charge is -2.16. The summed E-state index contributed by atoms with van der Waals surface area (Å²) < 4.78 is 0. The van der Waals surface area contributed by atoms with E-state index in [1.807, 2.05) is 12.3 Å². The number of anilines is 2. The van der Waals surface area contributed by atoms with Gasteiger partial charge in [0.1, 0.15) is 10.8 Å². The molecule has 0 unspecified atom stereocenters. The van der Waals surface area contributed by atoms with Gasteiger partial charge in [-0.2, -0.15) is 4.98 Å². The smallest absolute Gasteiger partial charge is 0.224 e. The van der Waals surface area contributed by atoms with Gasteiger partial charge in [-0.3, -0.25) is 0 Å². The predicted molar refractivity (Wildman–Crippen MR) is 97.2 cm³/mol. The van der Waals surface area contributed by atoms with Gasteiger partial charge in [0, 0.05) is 24.7 Å². The highest BCUT2D eigenvalue weighted by atomic mass is 32.1. The lowest BCUT2D eigenvalue weighted by molar-refractivity contribution is 0.850. The van der Waals surface area contributed by atoms with E-state index in [1.165, 1.54) is 11.1 Å². The van der Waals surface area contributed by atoms with Crippen LogP contribution in [0.25, 0.3) is 0 Å². The minimum Gasteiger partial charge on any atom is -0.348 e. The summed E-state index contributed by atoms with van der Waals surface area (Å²) in [6, 6.07) is 10.5. The normalized spacial score (nSPS) is 13.1. The first kappa shape index (κ1) is 15.1. The highest BCUT2D eigenvalue weighted by Gasteiger charge is 2.19. The lowest BCUT2D eigenvalue weighted by atomic mass is 10.1. The maximum Gasteiger partial charge on any atom is 0.224 e. The molecule has 0 saturated carbocycles. The van der Waals surface area contributed by atoms with Crippen LogP contribution in [0.2, 0.25) is 0 Å². The molecule has 5 nitrogen and oxygen atoms in total. The average Bonchev–Trinajstić information content (AvgIpc) is 3.26. The van der Waals surface area contributed by atoms with E-state index < -0.39 is 0 Å². The molecule has 0 fully saturated rings. The molecule has 3 heterocycles. The zero-order chi connectivity index (χ0) is 16.4. The molecule has 0 radical (unpaired) electrons. The third-order valence-electron chi connectivity index (χ3n) is 4.16. The van der Waals surface area contributed by atoms with Gasteiger partial charge in [0.05, 0.1) is 12.2 Å². The molecule has 0 bridgehead atoms. The van der Waals surface area contributed by atoms with Crippen LogP contribution in [0.15, 0.2) is 41.9 Å². The second-order valence-electron chi connectivity index (χ2n) is 5.80. The SMILES string of the molecule is CCc1csc(CNc2nccc(N3Cc4ccccc4C3)n2)n1. The third-order valence-corrected chi connectivity index (χ3v) is 5.06. The number of fused-ring (bicyclic) bond motifs is 1. The van der Waals surface area contributed by atoms with E-state index in [1.54, 1.807) is 11.3 Å². The molecule has 3 aromatic rings. The highest BCUT2D eigenvalue weighted by molar-refractivity contribution is 7.09. The number of hydrogen-bond acceptors (Lipinski definition) is 6. The van der Waals surface area contributed by atoms with Crippen molar-refractivity contribution in [3.8, 4) is 0 Å².